The number of anilines is 2. The van der Waals surface area contributed by atoms with Crippen LogP contribution in [-0.2, 0) is 17.8 Å². The molecule has 0 unspecified atom stereocenters. The first kappa shape index (κ1) is 36.8. The number of hydrogen-bond acceptors (Lipinski definition) is 6. The van der Waals surface area contributed by atoms with Crippen molar-refractivity contribution in [2.24, 2.45) is 0 Å². The Bertz CT molecular complexity index is 1840. The van der Waals surface area contributed by atoms with Crippen molar-refractivity contribution >= 4 is 55.6 Å². The van der Waals surface area contributed by atoms with E-state index in [2.05, 4.69) is 24.1 Å². The molecule has 3 aromatic carbocycles. The number of hydrogen-bond donors (Lipinski definition) is 3. The van der Waals surface area contributed by atoms with Crippen molar-refractivity contribution in [1.29, 1.82) is 0 Å². The summed E-state index contributed by atoms with van der Waals surface area (Å²) in [5.74, 6) is -0.553. The minimum Gasteiger partial charge on any atom is -0.408 e. The summed E-state index contributed by atoms with van der Waals surface area (Å²) in [6.45, 7) is 9.08. The number of carbonyl (C=O) groups is 3. The van der Waals surface area contributed by atoms with Crippen LogP contribution in [0.15, 0.2) is 66.7 Å². The number of carbonyl (C=O) groups excluding carboxylic acids is 3. The fourth-order valence-electron chi connectivity index (χ4n) is 6.14. The van der Waals surface area contributed by atoms with Crippen LogP contribution in [0.1, 0.15) is 84.1 Å². The van der Waals surface area contributed by atoms with Gasteiger partial charge in [0.05, 0.1) is 34.6 Å². The predicted molar refractivity (Wildman–Crippen MR) is 200 cm³/mol. The monoisotopic (exact) mass is 712 g/mol. The van der Waals surface area contributed by atoms with Crippen molar-refractivity contribution in [1.82, 2.24) is 19.6 Å². The number of nitrogens with one attached hydrogen (secondary N) is 2. The fourth-order valence-corrected chi connectivity index (χ4v) is 7.29. The van der Waals surface area contributed by atoms with Crippen LogP contribution in [0.5, 0.6) is 0 Å². The van der Waals surface area contributed by atoms with Crippen LogP contribution >= 0.6 is 11.6 Å². The van der Waals surface area contributed by atoms with Crippen molar-refractivity contribution in [3.05, 3.63) is 99.8 Å². The average Bonchev–Trinajstić information content (AvgIpc) is 3.51. The van der Waals surface area contributed by atoms with Crippen molar-refractivity contribution < 1.29 is 19.5 Å². The Balaban J connectivity index is 1.50. The third kappa shape index (κ3) is 8.63. The van der Waals surface area contributed by atoms with E-state index in [1.54, 1.807) is 27.8 Å². The van der Waals surface area contributed by atoms with Crippen molar-refractivity contribution in [3.8, 4) is 5.69 Å². The summed E-state index contributed by atoms with van der Waals surface area (Å²) in [5, 5.41) is 19.3. The molecule has 2 radical (unpaired) electrons. The molecule has 1 aliphatic heterocycles. The second kappa shape index (κ2) is 17.0. The Morgan fingerprint density at radius 2 is 1.72 bits per heavy atom. The maximum absolute atomic E-state index is 14.6. The zero-order valence-electron chi connectivity index (χ0n) is 29.1. The number of fused-ring (bicyclic) bond motifs is 1. The Labute approximate surface area is 301 Å². The van der Waals surface area contributed by atoms with Crippen LogP contribution < -0.4 is 15.5 Å². The van der Waals surface area contributed by atoms with Crippen LogP contribution in [-0.4, -0.2) is 77.8 Å². The molecule has 0 spiro atoms. The Morgan fingerprint density at radius 3 is 2.38 bits per heavy atom. The smallest absolute Gasteiger partial charge is 0.274 e. The summed E-state index contributed by atoms with van der Waals surface area (Å²) in [4.78, 5) is 46.8. The van der Waals surface area contributed by atoms with Gasteiger partial charge >= 0.3 is 0 Å². The maximum Gasteiger partial charge on any atom is 0.274 e. The molecule has 10 nitrogen and oxygen atoms in total. The highest BCUT2D eigenvalue weighted by Gasteiger charge is 2.32. The SMILES string of the molecule is CCCCN(CCCC)C(=O)c1cc(C)n(-c2ccc(N[Si]c3ccc(NC(C)=O)c(Cl)c3)cc2C(=O)N2Cc3ccccc3C[C@H]2CO)n1. The van der Waals surface area contributed by atoms with Gasteiger partial charge in [0.15, 0.2) is 5.69 Å². The lowest BCUT2D eigenvalue weighted by Crippen LogP contribution is -2.46. The second-order valence-corrected chi connectivity index (χ2v) is 14.2. The molecule has 0 aliphatic carbocycles. The van der Waals surface area contributed by atoms with Gasteiger partial charge in [0.1, 0.15) is 0 Å². The highest BCUT2D eigenvalue weighted by atomic mass is 35.5. The summed E-state index contributed by atoms with van der Waals surface area (Å²) >= 11 is 6.42. The highest BCUT2D eigenvalue weighted by molar-refractivity contribution is 6.57. The summed E-state index contributed by atoms with van der Waals surface area (Å²) in [6.07, 6.45) is 4.36. The predicted octanol–water partition coefficient (Wildman–Crippen LogP) is 5.75. The van der Waals surface area contributed by atoms with Crippen LogP contribution in [0.2, 0.25) is 5.02 Å². The number of benzene rings is 3. The van der Waals surface area contributed by atoms with Crippen molar-refractivity contribution in [2.45, 2.75) is 72.4 Å². The van der Waals surface area contributed by atoms with Gasteiger partial charge in [0, 0.05) is 37.9 Å². The molecule has 262 valence electrons. The van der Waals surface area contributed by atoms with Gasteiger partial charge in [-0.2, -0.15) is 5.10 Å². The van der Waals surface area contributed by atoms with Crippen LogP contribution in [0.25, 0.3) is 5.69 Å². The quantitative estimate of drug-likeness (QED) is 0.143. The number of aromatic nitrogens is 2. The van der Waals surface area contributed by atoms with Crippen molar-refractivity contribution in [3.63, 3.8) is 0 Å². The van der Waals surface area contributed by atoms with Gasteiger partial charge in [-0.15, -0.1) is 0 Å². The summed E-state index contributed by atoms with van der Waals surface area (Å²) < 4.78 is 1.68. The van der Waals surface area contributed by atoms with E-state index in [1.807, 2.05) is 60.4 Å². The first-order chi connectivity index (χ1) is 24.1. The van der Waals surface area contributed by atoms with Gasteiger partial charge in [0.2, 0.25) is 15.6 Å². The topological polar surface area (TPSA) is 120 Å². The van der Waals surface area contributed by atoms with Crippen LogP contribution in [0.3, 0.4) is 0 Å². The van der Waals surface area contributed by atoms with E-state index in [4.69, 9.17) is 16.7 Å². The number of nitrogens with zero attached hydrogens (tertiary/aromatic N) is 4. The molecule has 12 heteroatoms. The average molecular weight is 713 g/mol. The molecular formula is C38H45ClN6O4Si. The molecular weight excluding hydrogens is 668 g/mol. The van der Waals surface area contributed by atoms with E-state index in [0.29, 0.717) is 59.4 Å². The lowest BCUT2D eigenvalue weighted by Gasteiger charge is -2.36. The zero-order chi connectivity index (χ0) is 35.8. The number of aliphatic hydroxyl groups excluding tert-OH is 1. The lowest BCUT2D eigenvalue weighted by atomic mass is 9.93. The van der Waals surface area contributed by atoms with E-state index in [-0.39, 0.29) is 34.0 Å². The third-order valence-corrected chi connectivity index (χ3v) is 10.2. The number of aliphatic hydroxyl groups is 1. The largest absolute Gasteiger partial charge is 0.408 e. The van der Waals surface area contributed by atoms with E-state index in [9.17, 15) is 19.5 Å². The number of aryl methyl sites for hydroxylation is 1. The Morgan fingerprint density at radius 1 is 1.00 bits per heavy atom. The first-order valence-electron chi connectivity index (χ1n) is 17.2. The molecule has 1 atom stereocenters. The molecule has 0 saturated heterocycles. The molecule has 3 amide bonds. The molecule has 1 aliphatic rings. The van der Waals surface area contributed by atoms with Crippen LogP contribution in [0.4, 0.5) is 11.4 Å². The maximum atomic E-state index is 14.6. The fraction of sp³-hybridized carbons (Fsp3) is 0.368. The molecule has 1 aromatic heterocycles. The van der Waals surface area contributed by atoms with E-state index >= 15 is 0 Å². The van der Waals surface area contributed by atoms with Gasteiger partial charge in [-0.3, -0.25) is 14.4 Å². The normalized spacial score (nSPS) is 13.9. The molecule has 5 rings (SSSR count). The second-order valence-electron chi connectivity index (χ2n) is 12.7. The molecule has 50 heavy (non-hydrogen) atoms. The van der Waals surface area contributed by atoms with Crippen molar-refractivity contribution in [2.75, 3.05) is 30.0 Å². The summed E-state index contributed by atoms with van der Waals surface area (Å²) in [6, 6.07) is 20.4. The lowest BCUT2D eigenvalue weighted by molar-refractivity contribution is -0.114. The number of amides is 3. The van der Waals surface area contributed by atoms with Gasteiger partial charge in [-0.05, 0) is 78.9 Å². The van der Waals surface area contributed by atoms with E-state index < -0.39 is 6.04 Å². The molecule has 2 heterocycles. The minimum absolute atomic E-state index is 0.111. The molecule has 0 fully saturated rings. The minimum atomic E-state index is -0.394. The van der Waals surface area contributed by atoms with Gasteiger partial charge in [0.25, 0.3) is 11.8 Å². The first-order valence-corrected chi connectivity index (χ1v) is 18.6. The molecule has 0 bridgehead atoms. The molecule has 3 N–H and O–H groups in total. The third-order valence-electron chi connectivity index (χ3n) is 8.87. The van der Waals surface area contributed by atoms with Gasteiger partial charge < -0.3 is 25.2 Å². The molecule has 4 aromatic rings. The number of halogens is 1. The Kier molecular flexibility index (Phi) is 12.5. The standard InChI is InChI=1S/C38H45ClN6O4Si/c1-5-7-17-43(18-8-6-2)38(49)35-19-25(3)45(41-35)36-16-13-29(42-50-31-14-15-34(33(39)22-31)40-26(4)47)21-32(36)37(48)44-23-28-12-10-9-11-27(28)20-30(44)24-46/h9-16,19,21-22,30,42,46H,5-8,17-18,20,23-24H2,1-4H3,(H,40,47)/t30-/m0/s1. The van der Waals surface area contributed by atoms with E-state index in [1.165, 1.54) is 6.92 Å². The van der Waals surface area contributed by atoms with E-state index in [0.717, 1.165) is 47.7 Å². The summed E-state index contributed by atoms with van der Waals surface area (Å²) in [7, 11) is 0.111. The summed E-state index contributed by atoms with van der Waals surface area (Å²) in [5.41, 5.74) is 5.44. The van der Waals surface area contributed by atoms with Gasteiger partial charge in [-0.25, -0.2) is 4.68 Å². The number of unbranched alkanes of at least 4 members (excludes halogenated alkanes) is 2. The zero-order valence-corrected chi connectivity index (χ0v) is 30.9. The molecule has 0 saturated carbocycles. The van der Waals surface area contributed by atoms with Gasteiger partial charge in [-0.1, -0.05) is 68.6 Å². The Hall–Kier alpha value is -4.45. The van der Waals surface area contributed by atoms with Crippen LogP contribution in [0, 0.1) is 6.92 Å². The highest BCUT2D eigenvalue weighted by Crippen LogP contribution is 2.29. The number of rotatable bonds is 14.